The van der Waals surface area contributed by atoms with E-state index in [9.17, 15) is 14.4 Å². The van der Waals surface area contributed by atoms with Crippen molar-refractivity contribution in [1.82, 2.24) is 0 Å². The summed E-state index contributed by atoms with van der Waals surface area (Å²) in [5.74, 6) is -0.462. The van der Waals surface area contributed by atoms with E-state index in [0.29, 0.717) is 24.2 Å². The summed E-state index contributed by atoms with van der Waals surface area (Å²) >= 11 is 1.47. The molecule has 0 amide bonds. The van der Waals surface area contributed by atoms with Gasteiger partial charge in [0.1, 0.15) is 11.3 Å². The summed E-state index contributed by atoms with van der Waals surface area (Å²) in [4.78, 5) is 36.7. The molecule has 0 unspecified atom stereocenters. The molecule has 0 aliphatic heterocycles. The number of aryl methyl sites for hydroxylation is 2. The summed E-state index contributed by atoms with van der Waals surface area (Å²) in [5.41, 5.74) is 1.29. The lowest BCUT2D eigenvalue weighted by molar-refractivity contribution is -0.143. The Kier molecular flexibility index (Phi) is 6.26. The fraction of sp³-hybridized carbons (Fsp3) is 0.286. The van der Waals surface area contributed by atoms with Crippen LogP contribution in [0, 0.1) is 6.92 Å². The Morgan fingerprint density at radius 2 is 2.00 bits per heavy atom. The molecule has 0 bridgehead atoms. The van der Waals surface area contributed by atoms with Crippen LogP contribution in [0.4, 0.5) is 0 Å². The molecule has 0 atom stereocenters. The van der Waals surface area contributed by atoms with Gasteiger partial charge in [-0.05, 0) is 48.9 Å². The number of benzene rings is 1. The smallest absolute Gasteiger partial charge is 0.336 e. The van der Waals surface area contributed by atoms with Gasteiger partial charge in [0, 0.05) is 28.8 Å². The number of rotatable bonds is 7. The van der Waals surface area contributed by atoms with Crippen LogP contribution in [0.25, 0.3) is 11.0 Å². The largest absolute Gasteiger partial charge is 0.466 e. The Hall–Kier alpha value is -2.93. The second kappa shape index (κ2) is 8.84. The summed E-state index contributed by atoms with van der Waals surface area (Å²) < 4.78 is 15.8. The average molecular weight is 400 g/mol. The molecule has 6 nitrogen and oxygen atoms in total. The number of hydrogen-bond donors (Lipinski definition) is 0. The first-order chi connectivity index (χ1) is 13.5. The zero-order valence-corrected chi connectivity index (χ0v) is 16.5. The highest BCUT2D eigenvalue weighted by atomic mass is 32.1. The lowest BCUT2D eigenvalue weighted by Crippen LogP contribution is -2.13. The van der Waals surface area contributed by atoms with Gasteiger partial charge in [0.2, 0.25) is 0 Å². The number of fused-ring (bicyclic) bond motifs is 1. The van der Waals surface area contributed by atoms with Crippen molar-refractivity contribution in [3.63, 3.8) is 0 Å². The molecule has 3 rings (SSSR count). The quantitative estimate of drug-likeness (QED) is 0.341. The molecule has 0 N–H and O–H groups in total. The Morgan fingerprint density at radius 3 is 2.71 bits per heavy atom. The predicted molar refractivity (Wildman–Crippen MR) is 106 cm³/mol. The maximum absolute atomic E-state index is 12.3. The van der Waals surface area contributed by atoms with Gasteiger partial charge in [-0.1, -0.05) is 6.07 Å². The summed E-state index contributed by atoms with van der Waals surface area (Å²) in [5, 5.41) is 2.62. The molecule has 3 aromatic rings. The van der Waals surface area contributed by atoms with Crippen LogP contribution < -0.4 is 10.4 Å². The number of thiophene rings is 1. The fourth-order valence-electron chi connectivity index (χ4n) is 2.87. The number of esters is 2. The van der Waals surface area contributed by atoms with Crippen LogP contribution >= 0.6 is 11.3 Å². The standard InChI is InChI=1S/C21H20O6S/c1-3-25-19(22)7-6-14-10-16-13(2)9-20(23)27-18(16)12-17(14)26-21(24)11-15-5-4-8-28-15/h4-5,8-10,12H,3,6-7,11H2,1-2H3. The molecule has 1 aromatic carbocycles. The molecule has 0 saturated carbocycles. The Labute approximate surface area is 165 Å². The van der Waals surface area contributed by atoms with Crippen LogP contribution in [0.2, 0.25) is 0 Å². The van der Waals surface area contributed by atoms with Crippen molar-refractivity contribution in [2.75, 3.05) is 6.61 Å². The second-order valence-electron chi connectivity index (χ2n) is 6.24. The van der Waals surface area contributed by atoms with Crippen LogP contribution in [0.5, 0.6) is 5.75 Å². The van der Waals surface area contributed by atoms with Gasteiger partial charge in [0.15, 0.2) is 0 Å². The molecule has 0 fully saturated rings. The van der Waals surface area contributed by atoms with Crippen LogP contribution in [0.3, 0.4) is 0 Å². The minimum absolute atomic E-state index is 0.144. The second-order valence-corrected chi connectivity index (χ2v) is 7.27. The molecule has 0 aliphatic rings. The van der Waals surface area contributed by atoms with Gasteiger partial charge >= 0.3 is 17.6 Å². The molecule has 146 valence electrons. The SMILES string of the molecule is CCOC(=O)CCc1cc2c(C)cc(=O)oc2cc1OC(=O)Cc1cccs1. The first-order valence-electron chi connectivity index (χ1n) is 8.92. The maximum atomic E-state index is 12.3. The van der Waals surface area contributed by atoms with Gasteiger partial charge in [-0.15, -0.1) is 11.3 Å². The van der Waals surface area contributed by atoms with Crippen molar-refractivity contribution in [3.8, 4) is 5.75 Å². The van der Waals surface area contributed by atoms with Gasteiger partial charge in [0.05, 0.1) is 13.0 Å². The van der Waals surface area contributed by atoms with Crippen molar-refractivity contribution in [3.05, 3.63) is 62.1 Å². The zero-order chi connectivity index (χ0) is 20.1. The van der Waals surface area contributed by atoms with E-state index in [2.05, 4.69) is 0 Å². The minimum atomic E-state index is -0.472. The van der Waals surface area contributed by atoms with Crippen molar-refractivity contribution in [2.24, 2.45) is 0 Å². The Balaban J connectivity index is 1.92. The minimum Gasteiger partial charge on any atom is -0.466 e. The molecular formula is C21H20O6S. The first kappa shape index (κ1) is 19.8. The summed E-state index contributed by atoms with van der Waals surface area (Å²) in [6.07, 6.45) is 0.643. The van der Waals surface area contributed by atoms with Crippen LogP contribution in [0.15, 0.2) is 44.9 Å². The van der Waals surface area contributed by atoms with E-state index in [4.69, 9.17) is 13.9 Å². The van der Waals surface area contributed by atoms with Gasteiger partial charge in [-0.25, -0.2) is 4.79 Å². The summed E-state index contributed by atoms with van der Waals surface area (Å²) in [6.45, 7) is 3.86. The molecule has 28 heavy (non-hydrogen) atoms. The number of ether oxygens (including phenoxy) is 2. The van der Waals surface area contributed by atoms with Crippen molar-refractivity contribution >= 4 is 34.2 Å². The van der Waals surface area contributed by atoms with E-state index in [1.165, 1.54) is 23.5 Å². The third-order valence-corrected chi connectivity index (χ3v) is 5.04. The topological polar surface area (TPSA) is 82.8 Å². The van der Waals surface area contributed by atoms with Gasteiger partial charge in [-0.2, -0.15) is 0 Å². The third-order valence-electron chi connectivity index (χ3n) is 4.16. The van der Waals surface area contributed by atoms with Crippen LogP contribution in [-0.4, -0.2) is 18.5 Å². The Morgan fingerprint density at radius 1 is 1.18 bits per heavy atom. The fourth-order valence-corrected chi connectivity index (χ4v) is 3.56. The molecular weight excluding hydrogens is 380 g/mol. The van der Waals surface area contributed by atoms with Crippen molar-refractivity contribution < 1.29 is 23.5 Å². The van der Waals surface area contributed by atoms with E-state index >= 15 is 0 Å². The van der Waals surface area contributed by atoms with E-state index in [1.807, 2.05) is 17.5 Å². The normalized spacial score (nSPS) is 10.8. The molecule has 0 saturated heterocycles. The number of carbonyl (C=O) groups excluding carboxylic acids is 2. The lowest BCUT2D eigenvalue weighted by atomic mass is 10.0. The van der Waals surface area contributed by atoms with E-state index in [0.717, 1.165) is 15.8 Å². The van der Waals surface area contributed by atoms with Crippen molar-refractivity contribution in [1.29, 1.82) is 0 Å². The molecule has 2 heterocycles. The van der Waals surface area contributed by atoms with Crippen molar-refractivity contribution in [2.45, 2.75) is 33.1 Å². The van der Waals surface area contributed by atoms with Gasteiger partial charge in [0.25, 0.3) is 0 Å². The first-order valence-corrected chi connectivity index (χ1v) is 9.80. The number of hydrogen-bond acceptors (Lipinski definition) is 7. The predicted octanol–water partition coefficient (Wildman–Crippen LogP) is 3.81. The van der Waals surface area contributed by atoms with Gasteiger partial charge < -0.3 is 13.9 Å². The van der Waals surface area contributed by atoms with E-state index in [-0.39, 0.29) is 24.6 Å². The number of carbonyl (C=O) groups is 2. The highest BCUT2D eigenvalue weighted by Gasteiger charge is 2.16. The highest BCUT2D eigenvalue weighted by molar-refractivity contribution is 7.10. The molecule has 0 spiro atoms. The lowest BCUT2D eigenvalue weighted by Gasteiger charge is -2.12. The highest BCUT2D eigenvalue weighted by Crippen LogP contribution is 2.29. The average Bonchev–Trinajstić information content (AvgIpc) is 3.13. The van der Waals surface area contributed by atoms with Gasteiger partial charge in [-0.3, -0.25) is 9.59 Å². The summed E-state index contributed by atoms with van der Waals surface area (Å²) in [6, 6.07) is 8.46. The van der Waals surface area contributed by atoms with Crippen LogP contribution in [0.1, 0.15) is 29.3 Å². The zero-order valence-electron chi connectivity index (χ0n) is 15.7. The third kappa shape index (κ3) is 4.86. The van der Waals surface area contributed by atoms with E-state index in [1.54, 1.807) is 19.9 Å². The molecule has 0 aliphatic carbocycles. The molecule has 2 aromatic heterocycles. The maximum Gasteiger partial charge on any atom is 0.336 e. The molecule has 7 heteroatoms. The molecule has 0 radical (unpaired) electrons. The monoisotopic (exact) mass is 400 g/mol. The van der Waals surface area contributed by atoms with E-state index < -0.39 is 11.6 Å². The summed E-state index contributed by atoms with van der Waals surface area (Å²) in [7, 11) is 0. The Bertz CT molecular complexity index is 1050. The van der Waals surface area contributed by atoms with Crippen LogP contribution in [-0.2, 0) is 27.2 Å².